The van der Waals surface area contributed by atoms with Gasteiger partial charge in [0, 0.05) is 0 Å². The van der Waals surface area contributed by atoms with Crippen LogP contribution in [0.4, 0.5) is 11.4 Å². The van der Waals surface area contributed by atoms with Crippen molar-refractivity contribution in [1.82, 2.24) is 0 Å². The van der Waals surface area contributed by atoms with E-state index < -0.39 is 0 Å². The number of hydrogen-bond acceptors (Lipinski definition) is 3. The van der Waals surface area contributed by atoms with Crippen LogP contribution in [-0.4, -0.2) is 11.1 Å². The van der Waals surface area contributed by atoms with Gasteiger partial charge in [0.2, 0.25) is 0 Å². The molecule has 29 heavy (non-hydrogen) atoms. The molecule has 0 aliphatic carbocycles. The number of thioether (sulfide) groups is 1. The number of amidine groups is 1. The summed E-state index contributed by atoms with van der Waals surface area (Å²) in [4.78, 5) is 20.5. The molecule has 3 aromatic rings. The monoisotopic (exact) mass is 398 g/mol. The largest absolute Gasteiger partial charge is 0.271 e. The van der Waals surface area contributed by atoms with Crippen LogP contribution in [0.1, 0.15) is 22.3 Å². The lowest BCUT2D eigenvalue weighted by atomic mass is 10.0. The number of amides is 1. The molecule has 3 aromatic carbocycles. The van der Waals surface area contributed by atoms with Crippen LogP contribution in [0.2, 0.25) is 0 Å². The Balaban J connectivity index is 1.79. The van der Waals surface area contributed by atoms with Crippen molar-refractivity contribution >= 4 is 40.3 Å². The first-order valence-electron chi connectivity index (χ1n) is 9.53. The third-order valence-corrected chi connectivity index (χ3v) is 5.94. The average Bonchev–Trinajstić information content (AvgIpc) is 3.02. The molecule has 0 atom stereocenters. The molecule has 0 radical (unpaired) electrons. The van der Waals surface area contributed by atoms with E-state index in [1.54, 1.807) is 4.90 Å². The summed E-state index contributed by atoms with van der Waals surface area (Å²) in [6.45, 7) is 6.28. The summed E-state index contributed by atoms with van der Waals surface area (Å²) in [5, 5.41) is 0.667. The molecule has 1 fully saturated rings. The molecule has 1 saturated heterocycles. The van der Waals surface area contributed by atoms with Crippen LogP contribution < -0.4 is 4.90 Å². The zero-order valence-corrected chi connectivity index (χ0v) is 17.5. The van der Waals surface area contributed by atoms with Crippen molar-refractivity contribution in [1.29, 1.82) is 0 Å². The van der Waals surface area contributed by atoms with E-state index in [1.165, 1.54) is 22.9 Å². The number of carbonyl (C=O) groups is 1. The van der Waals surface area contributed by atoms with Gasteiger partial charge in [-0.15, -0.1) is 0 Å². The maximum Gasteiger partial charge on any atom is 0.271 e. The van der Waals surface area contributed by atoms with Crippen molar-refractivity contribution in [3.05, 3.63) is 100.0 Å². The van der Waals surface area contributed by atoms with Crippen molar-refractivity contribution in [3.8, 4) is 0 Å². The molecule has 0 unspecified atom stereocenters. The fourth-order valence-corrected chi connectivity index (χ4v) is 4.24. The summed E-state index contributed by atoms with van der Waals surface area (Å²) in [7, 11) is 0. The Bertz CT molecular complexity index is 1120. The van der Waals surface area contributed by atoms with Gasteiger partial charge in [0.15, 0.2) is 5.17 Å². The van der Waals surface area contributed by atoms with Gasteiger partial charge in [0.1, 0.15) is 0 Å². The van der Waals surface area contributed by atoms with E-state index >= 15 is 0 Å². The Labute approximate surface area is 175 Å². The van der Waals surface area contributed by atoms with E-state index in [2.05, 4.69) is 32.9 Å². The molecule has 1 amide bonds. The minimum atomic E-state index is -0.0477. The predicted octanol–water partition coefficient (Wildman–Crippen LogP) is 6.42. The van der Waals surface area contributed by atoms with Gasteiger partial charge >= 0.3 is 0 Å². The quantitative estimate of drug-likeness (QED) is 0.477. The normalized spacial score (nSPS) is 16.8. The Morgan fingerprint density at radius 2 is 1.45 bits per heavy atom. The second kappa shape index (κ2) is 8.10. The van der Waals surface area contributed by atoms with E-state index in [0.29, 0.717) is 10.1 Å². The van der Waals surface area contributed by atoms with Crippen LogP contribution in [0.15, 0.2) is 82.7 Å². The molecule has 0 bridgehead atoms. The minimum Gasteiger partial charge on any atom is -0.268 e. The molecule has 1 heterocycles. The zero-order valence-electron chi connectivity index (χ0n) is 16.7. The van der Waals surface area contributed by atoms with Crippen molar-refractivity contribution in [2.45, 2.75) is 20.8 Å². The van der Waals surface area contributed by atoms with Crippen LogP contribution in [0.25, 0.3) is 6.08 Å². The number of anilines is 1. The maximum atomic E-state index is 13.3. The molecule has 4 heteroatoms. The van der Waals surface area contributed by atoms with E-state index in [1.807, 2.05) is 66.7 Å². The van der Waals surface area contributed by atoms with Crippen molar-refractivity contribution in [2.75, 3.05) is 4.90 Å². The second-order valence-corrected chi connectivity index (χ2v) is 8.12. The van der Waals surface area contributed by atoms with E-state index in [4.69, 9.17) is 4.99 Å². The number of aryl methyl sites for hydroxylation is 3. The number of benzene rings is 3. The summed E-state index contributed by atoms with van der Waals surface area (Å²) >= 11 is 1.42. The van der Waals surface area contributed by atoms with Gasteiger partial charge in [-0.3, -0.25) is 9.69 Å². The SMILES string of the molecule is Cc1cc(C)c(/C=C2\SC(=Nc3ccccc3)N(c3ccccc3)C2=O)cc1C. The lowest BCUT2D eigenvalue weighted by Gasteiger charge is -2.15. The first kappa shape index (κ1) is 19.2. The van der Waals surface area contributed by atoms with Gasteiger partial charge in [-0.05, 0) is 85.1 Å². The summed E-state index contributed by atoms with van der Waals surface area (Å²) < 4.78 is 0. The Hall–Kier alpha value is -3.11. The van der Waals surface area contributed by atoms with Crippen LogP contribution in [0.3, 0.4) is 0 Å². The number of para-hydroxylation sites is 2. The molecular formula is C25H22N2OS. The minimum absolute atomic E-state index is 0.0477. The molecule has 1 aliphatic heterocycles. The van der Waals surface area contributed by atoms with Crippen LogP contribution in [0.5, 0.6) is 0 Å². The van der Waals surface area contributed by atoms with E-state index in [9.17, 15) is 4.79 Å². The number of nitrogens with zero attached hydrogens (tertiary/aromatic N) is 2. The fourth-order valence-electron chi connectivity index (χ4n) is 3.25. The highest BCUT2D eigenvalue weighted by molar-refractivity contribution is 8.19. The number of rotatable bonds is 3. The van der Waals surface area contributed by atoms with Gasteiger partial charge in [-0.25, -0.2) is 4.99 Å². The molecule has 4 rings (SSSR count). The molecule has 144 valence electrons. The van der Waals surface area contributed by atoms with Crippen LogP contribution in [-0.2, 0) is 4.79 Å². The maximum absolute atomic E-state index is 13.3. The van der Waals surface area contributed by atoms with Crippen molar-refractivity contribution < 1.29 is 4.79 Å². The molecule has 0 aromatic heterocycles. The summed E-state index contributed by atoms with van der Waals surface area (Å²) in [5.41, 5.74) is 6.35. The zero-order chi connectivity index (χ0) is 20.4. The fraction of sp³-hybridized carbons (Fsp3) is 0.120. The summed E-state index contributed by atoms with van der Waals surface area (Å²) in [6.07, 6.45) is 1.98. The smallest absolute Gasteiger partial charge is 0.268 e. The Morgan fingerprint density at radius 1 is 0.828 bits per heavy atom. The van der Waals surface area contributed by atoms with E-state index in [0.717, 1.165) is 22.5 Å². The van der Waals surface area contributed by atoms with Gasteiger partial charge in [-0.1, -0.05) is 48.5 Å². The second-order valence-electron chi connectivity index (χ2n) is 7.11. The lowest BCUT2D eigenvalue weighted by Crippen LogP contribution is -2.28. The van der Waals surface area contributed by atoms with Crippen LogP contribution >= 0.6 is 11.8 Å². The standard InChI is InChI=1S/C25H22N2OS/c1-17-14-19(3)20(15-18(17)2)16-23-24(28)27(22-12-8-5-9-13-22)25(29-23)26-21-10-6-4-7-11-21/h4-16H,1-3H3/b23-16-,26-25?. The Kier molecular flexibility index (Phi) is 5.36. The number of hydrogen-bond donors (Lipinski definition) is 0. The predicted molar refractivity (Wildman–Crippen MR) is 124 cm³/mol. The highest BCUT2D eigenvalue weighted by Crippen LogP contribution is 2.37. The number of aliphatic imine (C=N–C) groups is 1. The van der Waals surface area contributed by atoms with Gasteiger partial charge in [0.25, 0.3) is 5.91 Å². The highest BCUT2D eigenvalue weighted by Gasteiger charge is 2.34. The van der Waals surface area contributed by atoms with Gasteiger partial charge in [-0.2, -0.15) is 0 Å². The third kappa shape index (κ3) is 4.03. The van der Waals surface area contributed by atoms with Gasteiger partial charge in [0.05, 0.1) is 16.3 Å². The molecule has 0 N–H and O–H groups in total. The van der Waals surface area contributed by atoms with Crippen molar-refractivity contribution in [3.63, 3.8) is 0 Å². The molecular weight excluding hydrogens is 376 g/mol. The number of carbonyl (C=O) groups excluding carboxylic acids is 1. The summed E-state index contributed by atoms with van der Waals surface area (Å²) in [6, 6.07) is 23.7. The average molecular weight is 399 g/mol. The third-order valence-electron chi connectivity index (χ3n) is 4.97. The molecule has 1 aliphatic rings. The van der Waals surface area contributed by atoms with Crippen LogP contribution in [0, 0.1) is 20.8 Å². The summed E-state index contributed by atoms with van der Waals surface area (Å²) in [5.74, 6) is -0.0477. The van der Waals surface area contributed by atoms with Gasteiger partial charge < -0.3 is 0 Å². The Morgan fingerprint density at radius 3 is 2.14 bits per heavy atom. The molecule has 0 spiro atoms. The first-order valence-corrected chi connectivity index (χ1v) is 10.4. The highest BCUT2D eigenvalue weighted by atomic mass is 32.2. The topological polar surface area (TPSA) is 32.7 Å². The molecule has 0 saturated carbocycles. The first-order chi connectivity index (χ1) is 14.0. The van der Waals surface area contributed by atoms with E-state index in [-0.39, 0.29) is 5.91 Å². The molecule has 3 nitrogen and oxygen atoms in total. The lowest BCUT2D eigenvalue weighted by molar-refractivity contribution is -0.113. The van der Waals surface area contributed by atoms with Crippen molar-refractivity contribution in [2.24, 2.45) is 4.99 Å².